The molecule has 4 heteroatoms. The van der Waals surface area contributed by atoms with Crippen LogP contribution < -0.4 is 5.73 Å². The van der Waals surface area contributed by atoms with Gasteiger partial charge >= 0.3 is 0 Å². The summed E-state index contributed by atoms with van der Waals surface area (Å²) in [6.45, 7) is 0. The third-order valence-corrected chi connectivity index (χ3v) is 4.37. The van der Waals surface area contributed by atoms with E-state index in [4.69, 9.17) is 5.73 Å². The van der Waals surface area contributed by atoms with Crippen LogP contribution in [0.5, 0.6) is 0 Å². The molecule has 0 aliphatic heterocycles. The molecular weight excluding hydrogens is 308 g/mol. The summed E-state index contributed by atoms with van der Waals surface area (Å²) < 4.78 is 0. The molecule has 0 aliphatic carbocycles. The van der Waals surface area contributed by atoms with Crippen molar-refractivity contribution in [3.8, 4) is 0 Å². The quantitative estimate of drug-likeness (QED) is 0.532. The van der Waals surface area contributed by atoms with Crippen LogP contribution in [0, 0.1) is 0 Å². The van der Waals surface area contributed by atoms with E-state index in [0.717, 1.165) is 16.7 Å². The second-order valence-electron chi connectivity index (χ2n) is 5.83. The Morgan fingerprint density at radius 1 is 0.640 bits per heavy atom. The minimum absolute atomic E-state index is 0.146. The van der Waals surface area contributed by atoms with Crippen molar-refractivity contribution in [1.82, 2.24) is 20.7 Å². The smallest absolute Gasteiger partial charge is 0.187 e. The standard InChI is InChI=1S/C21H17N4/c22-20-16-23-25(24-20)21(17-10-4-1-5-11-17,18-12-6-2-7-13-18)19-14-8-3-9-15-19/h1-16,22H. The van der Waals surface area contributed by atoms with Gasteiger partial charge in [0.15, 0.2) is 11.4 Å². The molecule has 0 amide bonds. The first-order valence-corrected chi connectivity index (χ1v) is 8.13. The number of nitrogens with one attached hydrogen (secondary N) is 1. The molecule has 3 aromatic carbocycles. The largest absolute Gasteiger partial charge is 0.280 e. The van der Waals surface area contributed by atoms with Crippen LogP contribution in [0.3, 0.4) is 0 Å². The van der Waals surface area contributed by atoms with Gasteiger partial charge in [0.05, 0.1) is 6.20 Å². The summed E-state index contributed by atoms with van der Waals surface area (Å²) in [5.74, 6) is 0.146. The zero-order chi connectivity index (χ0) is 17.1. The van der Waals surface area contributed by atoms with Gasteiger partial charge in [-0.3, -0.25) is 5.73 Å². The first-order valence-electron chi connectivity index (χ1n) is 8.13. The predicted octanol–water partition coefficient (Wildman–Crippen LogP) is 4.03. The van der Waals surface area contributed by atoms with Crippen LogP contribution in [0.1, 0.15) is 16.7 Å². The molecule has 0 atom stereocenters. The molecule has 4 rings (SSSR count). The van der Waals surface area contributed by atoms with Crippen LogP contribution in [0.15, 0.2) is 97.2 Å². The molecule has 1 heterocycles. The molecule has 0 unspecified atom stereocenters. The van der Waals surface area contributed by atoms with E-state index in [2.05, 4.69) is 46.6 Å². The summed E-state index contributed by atoms with van der Waals surface area (Å²) >= 11 is 0. The highest BCUT2D eigenvalue weighted by Crippen LogP contribution is 2.39. The Kier molecular flexibility index (Phi) is 3.78. The van der Waals surface area contributed by atoms with Crippen LogP contribution in [-0.4, -0.2) is 15.0 Å². The van der Waals surface area contributed by atoms with Crippen LogP contribution >= 0.6 is 0 Å². The molecule has 121 valence electrons. The first-order chi connectivity index (χ1) is 12.3. The lowest BCUT2D eigenvalue weighted by Crippen LogP contribution is -2.39. The lowest BCUT2D eigenvalue weighted by Gasteiger charge is -2.34. The van der Waals surface area contributed by atoms with Crippen molar-refractivity contribution in [2.75, 3.05) is 0 Å². The highest BCUT2D eigenvalue weighted by molar-refractivity contribution is 5.49. The lowest BCUT2D eigenvalue weighted by atomic mass is 9.77. The molecule has 1 aromatic heterocycles. The fraction of sp³-hybridized carbons (Fsp3) is 0.0476. The summed E-state index contributed by atoms with van der Waals surface area (Å²) in [7, 11) is 0. The van der Waals surface area contributed by atoms with E-state index in [1.54, 1.807) is 4.80 Å². The van der Waals surface area contributed by atoms with E-state index < -0.39 is 5.54 Å². The molecule has 1 N–H and O–H groups in total. The molecular formula is C21H17N4. The highest BCUT2D eigenvalue weighted by atomic mass is 15.5. The predicted molar refractivity (Wildman–Crippen MR) is 97.4 cm³/mol. The molecule has 4 nitrogen and oxygen atoms in total. The summed E-state index contributed by atoms with van der Waals surface area (Å²) in [5.41, 5.74) is 10.3. The summed E-state index contributed by atoms with van der Waals surface area (Å²) in [4.78, 5) is 1.65. The molecule has 25 heavy (non-hydrogen) atoms. The Balaban J connectivity index is 2.12. The second-order valence-corrected chi connectivity index (χ2v) is 5.83. The van der Waals surface area contributed by atoms with Gasteiger partial charge in [-0.1, -0.05) is 91.0 Å². The van der Waals surface area contributed by atoms with E-state index >= 15 is 0 Å². The van der Waals surface area contributed by atoms with Gasteiger partial charge in [0.2, 0.25) is 0 Å². The molecule has 0 saturated heterocycles. The van der Waals surface area contributed by atoms with Crippen molar-refractivity contribution in [3.05, 3.63) is 114 Å². The van der Waals surface area contributed by atoms with Crippen molar-refractivity contribution in [2.24, 2.45) is 0 Å². The number of hydrogen-bond acceptors (Lipinski definition) is 2. The molecule has 0 bridgehead atoms. The lowest BCUT2D eigenvalue weighted by molar-refractivity contribution is 0.405. The van der Waals surface area contributed by atoms with Gasteiger partial charge in [0.25, 0.3) is 0 Å². The average molecular weight is 325 g/mol. The third kappa shape index (κ3) is 2.48. The Hall–Kier alpha value is -3.40. The molecule has 1 radical (unpaired) electrons. The van der Waals surface area contributed by atoms with Crippen LogP contribution in [0.2, 0.25) is 0 Å². The number of benzene rings is 3. The minimum atomic E-state index is -0.733. The number of nitrogens with zero attached hydrogens (tertiary/aromatic N) is 3. The number of rotatable bonds is 4. The zero-order valence-electron chi connectivity index (χ0n) is 13.6. The normalized spacial score (nSPS) is 11.4. The van der Waals surface area contributed by atoms with Gasteiger partial charge in [-0.15, -0.1) is 5.10 Å². The third-order valence-electron chi connectivity index (χ3n) is 4.37. The van der Waals surface area contributed by atoms with Crippen molar-refractivity contribution in [2.45, 2.75) is 5.54 Å². The molecule has 0 aliphatic rings. The van der Waals surface area contributed by atoms with Gasteiger partial charge in [-0.05, 0) is 16.7 Å². The molecule has 0 spiro atoms. The topological polar surface area (TPSA) is 54.5 Å². The average Bonchev–Trinajstić information content (AvgIpc) is 3.12. The van der Waals surface area contributed by atoms with E-state index in [9.17, 15) is 0 Å². The van der Waals surface area contributed by atoms with Crippen molar-refractivity contribution in [1.29, 1.82) is 0 Å². The van der Waals surface area contributed by atoms with Gasteiger partial charge in [-0.2, -0.15) is 9.90 Å². The summed E-state index contributed by atoms with van der Waals surface area (Å²) in [6.07, 6.45) is 1.48. The van der Waals surface area contributed by atoms with Gasteiger partial charge in [0, 0.05) is 0 Å². The van der Waals surface area contributed by atoms with Gasteiger partial charge in [-0.25, -0.2) is 0 Å². The Morgan fingerprint density at radius 3 is 1.36 bits per heavy atom. The Bertz CT molecular complexity index is 850. The van der Waals surface area contributed by atoms with Crippen molar-refractivity contribution in [3.63, 3.8) is 0 Å². The van der Waals surface area contributed by atoms with E-state index in [1.165, 1.54) is 6.20 Å². The Morgan fingerprint density at radius 2 is 1.04 bits per heavy atom. The molecule has 0 saturated carbocycles. The highest BCUT2D eigenvalue weighted by Gasteiger charge is 2.40. The molecule has 4 aromatic rings. The fourth-order valence-electron chi connectivity index (χ4n) is 3.31. The monoisotopic (exact) mass is 325 g/mol. The van der Waals surface area contributed by atoms with E-state index in [1.807, 2.05) is 54.6 Å². The number of hydrogen-bond donors (Lipinski definition) is 0. The van der Waals surface area contributed by atoms with Crippen LogP contribution in [0.25, 0.3) is 0 Å². The van der Waals surface area contributed by atoms with Gasteiger partial charge < -0.3 is 0 Å². The second kappa shape index (κ2) is 6.24. The maximum absolute atomic E-state index is 7.89. The fourth-order valence-corrected chi connectivity index (χ4v) is 3.31. The van der Waals surface area contributed by atoms with Crippen LogP contribution in [-0.2, 0) is 5.54 Å². The zero-order valence-corrected chi connectivity index (χ0v) is 13.6. The summed E-state index contributed by atoms with van der Waals surface area (Å²) in [5, 5.41) is 8.82. The van der Waals surface area contributed by atoms with E-state index in [0.29, 0.717) is 0 Å². The van der Waals surface area contributed by atoms with E-state index in [-0.39, 0.29) is 5.82 Å². The van der Waals surface area contributed by atoms with Crippen LogP contribution in [0.4, 0.5) is 5.82 Å². The maximum Gasteiger partial charge on any atom is 0.187 e. The maximum atomic E-state index is 7.89. The SMILES string of the molecule is [NH]c1cnn(C(c2ccccc2)(c2ccccc2)c2ccccc2)n1. The van der Waals surface area contributed by atoms with Crippen molar-refractivity contribution < 1.29 is 0 Å². The Labute approximate surface area is 146 Å². The van der Waals surface area contributed by atoms with Gasteiger partial charge in [0.1, 0.15) is 0 Å². The minimum Gasteiger partial charge on any atom is -0.280 e. The van der Waals surface area contributed by atoms with Crippen molar-refractivity contribution >= 4 is 5.82 Å². The molecule has 0 fully saturated rings. The summed E-state index contributed by atoms with van der Waals surface area (Å²) in [6, 6.07) is 30.5. The first kappa shape index (κ1) is 15.1. The number of aromatic nitrogens is 3.